The molecule has 4 heteroatoms. The zero-order valence-corrected chi connectivity index (χ0v) is 10.7. The highest BCUT2D eigenvalue weighted by atomic mass is 16.6. The van der Waals surface area contributed by atoms with Crippen molar-refractivity contribution in [1.82, 2.24) is 0 Å². The molecular weight excluding hydrogens is 218 g/mol. The van der Waals surface area contributed by atoms with Crippen LogP contribution < -0.4 is 0 Å². The molecule has 17 heavy (non-hydrogen) atoms. The highest BCUT2D eigenvalue weighted by Crippen LogP contribution is 2.14. The quantitative estimate of drug-likeness (QED) is 0.402. The minimum atomic E-state index is -0.733. The van der Waals surface area contributed by atoms with E-state index in [0.29, 0.717) is 19.4 Å². The monoisotopic (exact) mass is 237 g/mol. The topological polar surface area (TPSA) is 59.3 Å². The molecule has 0 amide bonds. The summed E-state index contributed by atoms with van der Waals surface area (Å²) in [5.74, 6) is 1.14. The summed E-state index contributed by atoms with van der Waals surface area (Å²) in [4.78, 5) is 11.6. The van der Waals surface area contributed by atoms with E-state index in [2.05, 4.69) is 5.92 Å². The Morgan fingerprint density at radius 1 is 1.47 bits per heavy atom. The van der Waals surface area contributed by atoms with Gasteiger partial charge in [-0.05, 0) is 33.6 Å². The summed E-state index contributed by atoms with van der Waals surface area (Å²) in [5.41, 5.74) is -0.563. The fourth-order valence-corrected chi connectivity index (χ4v) is 1.13. The number of rotatable bonds is 6. The zero-order valence-electron chi connectivity index (χ0n) is 10.7. The Balaban J connectivity index is 3.97. The van der Waals surface area contributed by atoms with Crippen molar-refractivity contribution in [2.45, 2.75) is 39.2 Å². The Labute approximate surface area is 103 Å². The molecule has 94 valence electrons. The first-order chi connectivity index (χ1) is 7.90. The maximum atomic E-state index is 11.6. The largest absolute Gasteiger partial charge is 0.459 e. The van der Waals surface area contributed by atoms with Crippen LogP contribution in [-0.4, -0.2) is 24.8 Å². The maximum Gasteiger partial charge on any atom is 0.323 e. The highest BCUT2D eigenvalue weighted by molar-refractivity contribution is 5.75. The third kappa shape index (κ3) is 8.30. The van der Waals surface area contributed by atoms with Crippen molar-refractivity contribution in [1.29, 1.82) is 5.26 Å². The summed E-state index contributed by atoms with van der Waals surface area (Å²) < 4.78 is 10.2. The van der Waals surface area contributed by atoms with Crippen LogP contribution in [0.4, 0.5) is 0 Å². The molecule has 0 spiro atoms. The normalized spacial score (nSPS) is 12.3. The Kier molecular flexibility index (Phi) is 7.02. The van der Waals surface area contributed by atoms with Crippen LogP contribution in [0.25, 0.3) is 0 Å². The van der Waals surface area contributed by atoms with E-state index in [-0.39, 0.29) is 6.61 Å². The van der Waals surface area contributed by atoms with Crippen LogP contribution >= 0.6 is 0 Å². The van der Waals surface area contributed by atoms with Gasteiger partial charge in [0.1, 0.15) is 18.1 Å². The van der Waals surface area contributed by atoms with Gasteiger partial charge >= 0.3 is 5.97 Å². The van der Waals surface area contributed by atoms with E-state index in [1.807, 2.05) is 6.07 Å². The number of hydrogen-bond donors (Lipinski definition) is 0. The first-order valence-corrected chi connectivity index (χ1v) is 5.54. The Hall–Kier alpha value is -1.52. The summed E-state index contributed by atoms with van der Waals surface area (Å²) in [6, 6.07) is 1.94. The Morgan fingerprint density at radius 3 is 2.59 bits per heavy atom. The minimum Gasteiger partial charge on any atom is -0.459 e. The van der Waals surface area contributed by atoms with E-state index in [1.54, 1.807) is 20.8 Å². The van der Waals surface area contributed by atoms with E-state index in [1.165, 1.54) is 0 Å². The van der Waals surface area contributed by atoms with Gasteiger partial charge in [0.05, 0.1) is 6.07 Å². The molecule has 1 unspecified atom stereocenters. The van der Waals surface area contributed by atoms with Crippen LogP contribution in [-0.2, 0) is 14.3 Å². The second kappa shape index (κ2) is 7.70. The molecule has 0 aliphatic heterocycles. The number of carbonyl (C=O) groups excluding carboxylic acids is 1. The second-order valence-corrected chi connectivity index (χ2v) is 4.61. The Bertz CT molecular complexity index is 317. The molecule has 0 rings (SSSR count). The molecule has 1 atom stereocenters. The van der Waals surface area contributed by atoms with Crippen LogP contribution in [0.3, 0.4) is 0 Å². The molecule has 0 radical (unpaired) electrons. The van der Waals surface area contributed by atoms with Gasteiger partial charge in [-0.3, -0.25) is 4.79 Å². The van der Waals surface area contributed by atoms with Crippen molar-refractivity contribution in [2.75, 3.05) is 13.2 Å². The van der Waals surface area contributed by atoms with E-state index in [0.717, 1.165) is 0 Å². The van der Waals surface area contributed by atoms with Gasteiger partial charge < -0.3 is 9.47 Å². The van der Waals surface area contributed by atoms with Gasteiger partial charge in [-0.1, -0.05) is 5.92 Å². The number of ether oxygens (including phenoxy) is 2. The van der Waals surface area contributed by atoms with Gasteiger partial charge in [0.25, 0.3) is 0 Å². The third-order valence-electron chi connectivity index (χ3n) is 1.81. The number of nitriles is 1. The number of esters is 1. The molecule has 0 fully saturated rings. The van der Waals surface area contributed by atoms with Crippen LogP contribution in [0.15, 0.2) is 0 Å². The van der Waals surface area contributed by atoms with Crippen LogP contribution in [0.2, 0.25) is 0 Å². The van der Waals surface area contributed by atoms with Crippen molar-refractivity contribution >= 4 is 5.97 Å². The first-order valence-electron chi connectivity index (χ1n) is 5.54. The van der Waals surface area contributed by atoms with Gasteiger partial charge in [0.15, 0.2) is 0 Å². The molecule has 0 saturated heterocycles. The lowest BCUT2D eigenvalue weighted by atomic mass is 10.1. The lowest BCUT2D eigenvalue weighted by Gasteiger charge is -2.21. The number of nitrogens with zero attached hydrogens (tertiary/aromatic N) is 1. The van der Waals surface area contributed by atoms with Crippen molar-refractivity contribution in [3.63, 3.8) is 0 Å². The van der Waals surface area contributed by atoms with E-state index in [9.17, 15) is 4.79 Å². The van der Waals surface area contributed by atoms with E-state index >= 15 is 0 Å². The van der Waals surface area contributed by atoms with Crippen molar-refractivity contribution in [3.05, 3.63) is 0 Å². The van der Waals surface area contributed by atoms with Crippen LogP contribution in [0.5, 0.6) is 0 Å². The van der Waals surface area contributed by atoms with Crippen molar-refractivity contribution < 1.29 is 14.3 Å². The molecule has 0 N–H and O–H groups in total. The smallest absolute Gasteiger partial charge is 0.323 e. The lowest BCUT2D eigenvalue weighted by molar-refractivity contribution is -0.158. The van der Waals surface area contributed by atoms with Gasteiger partial charge in [0, 0.05) is 6.61 Å². The SMILES string of the molecule is C#CCOCCCC(C#N)C(=O)OC(C)(C)C. The molecule has 0 aliphatic carbocycles. The maximum absolute atomic E-state index is 11.6. The summed E-state index contributed by atoms with van der Waals surface area (Å²) in [6.45, 7) is 6.02. The molecule has 0 aromatic rings. The van der Waals surface area contributed by atoms with Crippen LogP contribution in [0, 0.1) is 29.6 Å². The van der Waals surface area contributed by atoms with Gasteiger partial charge in [-0.15, -0.1) is 6.42 Å². The fourth-order valence-electron chi connectivity index (χ4n) is 1.13. The average molecular weight is 237 g/mol. The number of hydrogen-bond acceptors (Lipinski definition) is 4. The van der Waals surface area contributed by atoms with Gasteiger partial charge in [-0.25, -0.2) is 0 Å². The predicted octanol–water partition coefficient (Wildman–Crippen LogP) is 1.90. The molecule has 0 aromatic heterocycles. The van der Waals surface area contributed by atoms with Crippen LogP contribution in [0.1, 0.15) is 33.6 Å². The third-order valence-corrected chi connectivity index (χ3v) is 1.81. The molecule has 0 aromatic carbocycles. The standard InChI is InChI=1S/C13H19NO3/c1-5-8-16-9-6-7-11(10-14)12(15)17-13(2,3)4/h1,11H,6-9H2,2-4H3. The highest BCUT2D eigenvalue weighted by Gasteiger charge is 2.24. The predicted molar refractivity (Wildman–Crippen MR) is 63.8 cm³/mol. The molecule has 0 saturated carbocycles. The molecule has 0 aliphatic rings. The summed E-state index contributed by atoms with van der Waals surface area (Å²) in [5, 5.41) is 8.87. The zero-order chi connectivity index (χ0) is 13.3. The van der Waals surface area contributed by atoms with Gasteiger partial charge in [-0.2, -0.15) is 5.26 Å². The Morgan fingerprint density at radius 2 is 2.12 bits per heavy atom. The lowest BCUT2D eigenvalue weighted by Crippen LogP contribution is -2.28. The van der Waals surface area contributed by atoms with E-state index in [4.69, 9.17) is 21.2 Å². The minimum absolute atomic E-state index is 0.254. The second-order valence-electron chi connectivity index (χ2n) is 4.61. The average Bonchev–Trinajstić information content (AvgIpc) is 2.20. The molecule has 0 bridgehead atoms. The summed E-state index contributed by atoms with van der Waals surface area (Å²) >= 11 is 0. The van der Waals surface area contributed by atoms with E-state index < -0.39 is 17.5 Å². The van der Waals surface area contributed by atoms with Crippen molar-refractivity contribution in [2.24, 2.45) is 5.92 Å². The number of carbonyl (C=O) groups is 1. The fraction of sp³-hybridized carbons (Fsp3) is 0.692. The summed E-state index contributed by atoms with van der Waals surface area (Å²) in [7, 11) is 0. The number of terminal acetylenes is 1. The van der Waals surface area contributed by atoms with Crippen molar-refractivity contribution in [3.8, 4) is 18.4 Å². The molecule has 4 nitrogen and oxygen atoms in total. The molecular formula is C13H19NO3. The summed E-state index contributed by atoms with van der Waals surface area (Å²) in [6.07, 6.45) is 6.05. The molecule has 0 heterocycles. The van der Waals surface area contributed by atoms with Gasteiger partial charge in [0.2, 0.25) is 0 Å². The first kappa shape index (κ1) is 15.5.